The Bertz CT molecular complexity index is 896. The Hall–Kier alpha value is -1.93. The summed E-state index contributed by atoms with van der Waals surface area (Å²) in [7, 11) is 2.80. The number of halogens is 1. The van der Waals surface area contributed by atoms with Crippen LogP contribution in [0.1, 0.15) is 37.7 Å². The third-order valence-corrected chi connectivity index (χ3v) is 5.02. The minimum Gasteiger partial charge on any atom is -0.495 e. The van der Waals surface area contributed by atoms with Crippen molar-refractivity contribution >= 4 is 58.8 Å². The Labute approximate surface area is 167 Å². The van der Waals surface area contributed by atoms with Crippen LogP contribution in [0.25, 0.3) is 10.9 Å². The minimum atomic E-state index is -0.628. The van der Waals surface area contributed by atoms with Gasteiger partial charge in [0.05, 0.1) is 30.1 Å². The summed E-state index contributed by atoms with van der Waals surface area (Å²) in [5.41, 5.74) is 0.935. The average molecular weight is 487 g/mol. The van der Waals surface area contributed by atoms with Crippen molar-refractivity contribution in [2.45, 2.75) is 32.8 Å². The van der Waals surface area contributed by atoms with E-state index >= 15 is 0 Å². The third kappa shape index (κ3) is 4.62. The molecular weight excluding hydrogens is 469 g/mol. The summed E-state index contributed by atoms with van der Waals surface area (Å²) in [4.78, 5) is 24.3. The highest BCUT2D eigenvalue weighted by molar-refractivity contribution is 14.2. The molecule has 0 radical (unpaired) electrons. The second-order valence-corrected chi connectivity index (χ2v) is 8.07. The number of benzene rings is 1. The van der Waals surface area contributed by atoms with E-state index in [1.54, 1.807) is 42.9 Å². The van der Waals surface area contributed by atoms with Gasteiger partial charge in [-0.15, -0.1) is 0 Å². The number of aromatic nitrogens is 1. The molecule has 2 rings (SSSR count). The number of rotatable bonds is 5. The summed E-state index contributed by atoms with van der Waals surface area (Å²) < 4.78 is 12.3. The van der Waals surface area contributed by atoms with Gasteiger partial charge in [0.2, 0.25) is 0 Å². The molecule has 7 nitrogen and oxygen atoms in total. The number of anilines is 1. The first-order valence-corrected chi connectivity index (χ1v) is 10.9. The highest BCUT2D eigenvalue weighted by Gasteiger charge is 2.21. The molecule has 138 valence electrons. The van der Waals surface area contributed by atoms with E-state index in [9.17, 15) is 9.59 Å². The number of Topliss-reactive ketones (excluding diaryl/α,β-unsaturated/α-hetero) is 1. The zero-order valence-electron chi connectivity index (χ0n) is 14.8. The highest BCUT2D eigenvalue weighted by Crippen LogP contribution is 2.36. The molecule has 1 aromatic heterocycles. The van der Waals surface area contributed by atoms with Crippen LogP contribution in [0.2, 0.25) is 0 Å². The van der Waals surface area contributed by atoms with E-state index in [-0.39, 0.29) is 12.2 Å². The van der Waals surface area contributed by atoms with Crippen LogP contribution in [-0.4, -0.2) is 28.6 Å². The van der Waals surface area contributed by atoms with E-state index in [1.807, 2.05) is 6.07 Å². The molecule has 26 heavy (non-hydrogen) atoms. The maximum absolute atomic E-state index is 12.2. The van der Waals surface area contributed by atoms with Crippen molar-refractivity contribution in [3.63, 3.8) is 0 Å². The van der Waals surface area contributed by atoms with Gasteiger partial charge in [-0.1, -0.05) is 0 Å². The first kappa shape index (κ1) is 20.4. The van der Waals surface area contributed by atoms with Gasteiger partial charge in [0.25, 0.3) is 0 Å². The number of methoxy groups -OCH3 is 1. The van der Waals surface area contributed by atoms with Crippen molar-refractivity contribution in [1.82, 2.24) is 3.97 Å². The normalized spacial score (nSPS) is 11.1. The van der Waals surface area contributed by atoms with Crippen molar-refractivity contribution < 1.29 is 19.1 Å². The third-order valence-electron chi connectivity index (χ3n) is 3.31. The lowest BCUT2D eigenvalue weighted by atomic mass is 10.2. The van der Waals surface area contributed by atoms with Crippen LogP contribution >= 0.6 is 30.3 Å². The van der Waals surface area contributed by atoms with Gasteiger partial charge in [-0.25, -0.2) is 4.79 Å². The average Bonchev–Trinajstić information content (AvgIpc) is 2.90. The lowest BCUT2D eigenvalue weighted by Gasteiger charge is -2.20. The minimum absolute atomic E-state index is 0.201. The van der Waals surface area contributed by atoms with Gasteiger partial charge in [0.1, 0.15) is 17.8 Å². The molecule has 0 fully saturated rings. The molecule has 1 aromatic carbocycles. The topological polar surface area (TPSA) is 93.4 Å². The van der Waals surface area contributed by atoms with Crippen molar-refractivity contribution in [2.75, 3.05) is 12.4 Å². The van der Waals surface area contributed by atoms with Crippen molar-refractivity contribution in [2.24, 2.45) is 0 Å². The molecule has 0 aliphatic heterocycles. The Balaban J connectivity index is 2.50. The Morgan fingerprint density at radius 1 is 1.35 bits per heavy atom. The fourth-order valence-electron chi connectivity index (χ4n) is 2.32. The number of nitrogens with zero attached hydrogens (tertiary/aromatic N) is 2. The second kappa shape index (κ2) is 8.18. The Kier molecular flexibility index (Phi) is 6.41. The molecule has 1 amide bonds. The van der Waals surface area contributed by atoms with Gasteiger partial charge in [-0.2, -0.15) is 5.26 Å². The zero-order valence-corrected chi connectivity index (χ0v) is 17.7. The van der Waals surface area contributed by atoms with Crippen LogP contribution in [0.3, 0.4) is 0 Å². The van der Waals surface area contributed by atoms with E-state index in [4.69, 9.17) is 14.7 Å². The molecular formula is C17H18IN3O4S. The molecule has 0 atom stereocenters. The number of ketones is 1. The monoisotopic (exact) mass is 487 g/mol. The molecule has 0 unspecified atom stereocenters. The van der Waals surface area contributed by atoms with E-state index in [0.717, 1.165) is 10.9 Å². The van der Waals surface area contributed by atoms with Crippen LogP contribution < -0.4 is 10.1 Å². The van der Waals surface area contributed by atoms with Crippen molar-refractivity contribution in [3.8, 4) is 11.8 Å². The summed E-state index contributed by atoms with van der Waals surface area (Å²) >= 11 is 2.06. The lowest BCUT2D eigenvalue weighted by Crippen LogP contribution is -2.27. The van der Waals surface area contributed by atoms with Gasteiger partial charge < -0.3 is 9.47 Å². The van der Waals surface area contributed by atoms with Crippen LogP contribution in [-0.2, 0) is 4.74 Å². The van der Waals surface area contributed by atoms with Gasteiger partial charge in [-0.05, 0) is 39.0 Å². The molecule has 9 heteroatoms. The Morgan fingerprint density at radius 3 is 2.58 bits per heavy atom. The number of nitriles is 1. The van der Waals surface area contributed by atoms with Crippen molar-refractivity contribution in [1.29, 1.82) is 5.26 Å². The fourth-order valence-corrected chi connectivity index (χ4v) is 4.06. The fraction of sp³-hybridized carbons (Fsp3) is 0.353. The van der Waals surface area contributed by atoms with Crippen LogP contribution in [0.4, 0.5) is 10.5 Å². The van der Waals surface area contributed by atoms with Crippen molar-refractivity contribution in [3.05, 3.63) is 23.9 Å². The number of amides is 1. The molecule has 0 saturated heterocycles. The summed E-state index contributed by atoms with van der Waals surface area (Å²) in [6.07, 6.45) is -0.801. The highest BCUT2D eigenvalue weighted by atomic mass is 127. The molecule has 0 aliphatic carbocycles. The molecule has 0 spiro atoms. The number of fused-ring (bicyclic) bond motifs is 1. The second-order valence-electron chi connectivity index (χ2n) is 6.39. The lowest BCUT2D eigenvalue weighted by molar-refractivity contribution is 0.0635. The Morgan fingerprint density at radius 2 is 2.04 bits per heavy atom. The number of carbonyl (C=O) groups excluding carboxylic acids is 2. The van der Waals surface area contributed by atoms with E-state index in [0.29, 0.717) is 17.1 Å². The molecule has 2 aromatic rings. The summed E-state index contributed by atoms with van der Waals surface area (Å²) in [6, 6.07) is 7.03. The van der Waals surface area contributed by atoms with Gasteiger partial charge in [0.15, 0.2) is 5.78 Å². The largest absolute Gasteiger partial charge is 0.495 e. The number of carbonyl (C=O) groups is 2. The SMILES string of the molecule is COc1cc2cc(C(=O)CC#N)n(SI)c2cc1NC(=O)OC(C)(C)C. The maximum Gasteiger partial charge on any atom is 0.412 e. The van der Waals surface area contributed by atoms with Crippen LogP contribution in [0.5, 0.6) is 5.75 Å². The maximum atomic E-state index is 12.2. The van der Waals surface area contributed by atoms with Gasteiger partial charge >= 0.3 is 6.09 Å². The van der Waals surface area contributed by atoms with E-state index in [2.05, 4.69) is 26.5 Å². The number of hydrogen-bond acceptors (Lipinski definition) is 6. The summed E-state index contributed by atoms with van der Waals surface area (Å²) in [5.74, 6) is 0.173. The standard InChI is InChI=1S/C17H18IN3O4S/c1-17(2,3)25-16(23)20-11-9-12-10(8-15(11)24-4)7-13(21(12)26-18)14(22)5-6-19/h7-9H,5H2,1-4H3,(H,20,23). The predicted molar refractivity (Wildman–Crippen MR) is 110 cm³/mol. The first-order valence-electron chi connectivity index (χ1n) is 7.63. The van der Waals surface area contributed by atoms with Gasteiger partial charge in [-0.3, -0.25) is 14.1 Å². The predicted octanol–water partition coefficient (Wildman–Crippen LogP) is 4.94. The zero-order chi connectivity index (χ0) is 19.5. The first-order chi connectivity index (χ1) is 12.2. The summed E-state index contributed by atoms with van der Waals surface area (Å²) in [5, 5.41) is 12.2. The molecule has 0 saturated carbocycles. The quantitative estimate of drug-likeness (QED) is 0.475. The smallest absolute Gasteiger partial charge is 0.412 e. The number of ether oxygens (including phenoxy) is 2. The number of nitrogens with one attached hydrogen (secondary N) is 1. The number of hydrogen-bond donors (Lipinski definition) is 1. The molecule has 1 heterocycles. The molecule has 1 N–H and O–H groups in total. The van der Waals surface area contributed by atoms with Crippen LogP contribution in [0, 0.1) is 11.3 Å². The van der Waals surface area contributed by atoms with E-state index in [1.165, 1.54) is 16.2 Å². The molecule has 0 aliphatic rings. The van der Waals surface area contributed by atoms with E-state index < -0.39 is 11.7 Å². The molecule has 0 bridgehead atoms. The van der Waals surface area contributed by atoms with Crippen LogP contribution in [0.15, 0.2) is 18.2 Å². The summed E-state index contributed by atoms with van der Waals surface area (Å²) in [6.45, 7) is 5.33. The van der Waals surface area contributed by atoms with Gasteiger partial charge in [0, 0.05) is 35.7 Å².